The van der Waals surface area contributed by atoms with Crippen LogP contribution in [-0.4, -0.2) is 19.9 Å². The van der Waals surface area contributed by atoms with Crippen molar-refractivity contribution in [2.75, 3.05) is 16.6 Å². The highest BCUT2D eigenvalue weighted by Crippen LogP contribution is 2.18. The summed E-state index contributed by atoms with van der Waals surface area (Å²) in [6.07, 6.45) is 2.40. The second-order valence-electron chi connectivity index (χ2n) is 4.56. The first-order valence-electron chi connectivity index (χ1n) is 6.87. The standard InChI is InChI=1S/C15H19N3O2S/c1-3-12-5-7-13(8-6-12)18-21(19,20)14-9-10-17-15(11-14)16-4-2/h5-11,18H,3-4H2,1-2H3,(H,16,17). The first-order chi connectivity index (χ1) is 10.0. The Labute approximate surface area is 125 Å². The lowest BCUT2D eigenvalue weighted by Gasteiger charge is -2.10. The molecule has 1 heterocycles. The number of pyridine rings is 1. The maximum Gasteiger partial charge on any atom is 0.262 e. The van der Waals surface area contributed by atoms with Gasteiger partial charge >= 0.3 is 0 Å². The van der Waals surface area contributed by atoms with E-state index in [9.17, 15) is 8.42 Å². The predicted molar refractivity (Wildman–Crippen MR) is 85.0 cm³/mol. The SMILES string of the molecule is CCNc1cc(S(=O)(=O)Nc2ccc(CC)cc2)ccn1. The fourth-order valence-corrected chi connectivity index (χ4v) is 2.95. The van der Waals surface area contributed by atoms with Crippen molar-refractivity contribution in [3.8, 4) is 0 Å². The van der Waals surface area contributed by atoms with E-state index in [0.29, 0.717) is 18.1 Å². The molecule has 112 valence electrons. The van der Waals surface area contributed by atoms with Crippen LogP contribution in [0.5, 0.6) is 0 Å². The summed E-state index contributed by atoms with van der Waals surface area (Å²) in [6, 6.07) is 10.4. The molecule has 0 saturated carbocycles. The Bertz CT molecular complexity index is 697. The van der Waals surface area contributed by atoms with Crippen LogP contribution in [0, 0.1) is 0 Å². The molecule has 6 heteroatoms. The number of hydrogen-bond donors (Lipinski definition) is 2. The van der Waals surface area contributed by atoms with Crippen LogP contribution >= 0.6 is 0 Å². The molecule has 0 unspecified atom stereocenters. The average Bonchev–Trinajstić information content (AvgIpc) is 2.48. The van der Waals surface area contributed by atoms with E-state index >= 15 is 0 Å². The van der Waals surface area contributed by atoms with Gasteiger partial charge in [0.1, 0.15) is 5.82 Å². The lowest BCUT2D eigenvalue weighted by Crippen LogP contribution is -2.13. The summed E-state index contributed by atoms with van der Waals surface area (Å²) in [7, 11) is -3.60. The summed E-state index contributed by atoms with van der Waals surface area (Å²) in [5.41, 5.74) is 1.71. The van der Waals surface area contributed by atoms with Crippen molar-refractivity contribution in [3.05, 3.63) is 48.2 Å². The van der Waals surface area contributed by atoms with Gasteiger partial charge < -0.3 is 5.32 Å². The van der Waals surface area contributed by atoms with Crippen molar-refractivity contribution in [3.63, 3.8) is 0 Å². The minimum absolute atomic E-state index is 0.188. The molecule has 2 rings (SSSR count). The van der Waals surface area contributed by atoms with Gasteiger partial charge in [-0.1, -0.05) is 19.1 Å². The van der Waals surface area contributed by atoms with Crippen LogP contribution < -0.4 is 10.0 Å². The van der Waals surface area contributed by atoms with Crippen LogP contribution in [0.4, 0.5) is 11.5 Å². The Morgan fingerprint density at radius 3 is 2.43 bits per heavy atom. The van der Waals surface area contributed by atoms with E-state index in [2.05, 4.69) is 21.9 Å². The minimum atomic E-state index is -3.60. The van der Waals surface area contributed by atoms with Gasteiger partial charge in [-0.05, 0) is 37.1 Å². The lowest BCUT2D eigenvalue weighted by atomic mass is 10.2. The van der Waals surface area contributed by atoms with Crippen LogP contribution in [0.2, 0.25) is 0 Å². The average molecular weight is 305 g/mol. The van der Waals surface area contributed by atoms with Gasteiger partial charge in [-0.25, -0.2) is 13.4 Å². The summed E-state index contributed by atoms with van der Waals surface area (Å²) in [6.45, 7) is 4.66. The van der Waals surface area contributed by atoms with Gasteiger partial charge in [0.05, 0.1) is 4.90 Å². The van der Waals surface area contributed by atoms with Crippen molar-refractivity contribution in [1.29, 1.82) is 0 Å². The molecule has 0 saturated heterocycles. The number of nitrogens with one attached hydrogen (secondary N) is 2. The number of aryl methyl sites for hydroxylation is 1. The number of rotatable bonds is 6. The fraction of sp³-hybridized carbons (Fsp3) is 0.267. The second-order valence-corrected chi connectivity index (χ2v) is 6.25. The van der Waals surface area contributed by atoms with E-state index in [0.717, 1.165) is 12.0 Å². The van der Waals surface area contributed by atoms with E-state index in [1.165, 1.54) is 18.3 Å². The number of nitrogens with zero attached hydrogens (tertiary/aromatic N) is 1. The summed E-state index contributed by atoms with van der Waals surface area (Å²) in [4.78, 5) is 4.26. The van der Waals surface area contributed by atoms with Gasteiger partial charge in [-0.15, -0.1) is 0 Å². The maximum absolute atomic E-state index is 12.3. The molecule has 0 bridgehead atoms. The molecule has 0 aliphatic rings. The molecule has 2 N–H and O–H groups in total. The molecular formula is C15H19N3O2S. The van der Waals surface area contributed by atoms with Gasteiger partial charge in [0, 0.05) is 24.5 Å². The molecule has 21 heavy (non-hydrogen) atoms. The van der Waals surface area contributed by atoms with Crippen LogP contribution in [0.1, 0.15) is 19.4 Å². The van der Waals surface area contributed by atoms with Crippen LogP contribution in [-0.2, 0) is 16.4 Å². The number of benzene rings is 1. The third-order valence-electron chi connectivity index (χ3n) is 3.01. The Kier molecular flexibility index (Phi) is 4.80. The quantitative estimate of drug-likeness (QED) is 0.861. The van der Waals surface area contributed by atoms with Gasteiger partial charge in [0.15, 0.2) is 0 Å². The smallest absolute Gasteiger partial charge is 0.262 e. The van der Waals surface area contributed by atoms with Crippen LogP contribution in [0.3, 0.4) is 0 Å². The van der Waals surface area contributed by atoms with Gasteiger partial charge in [0.25, 0.3) is 10.0 Å². The highest BCUT2D eigenvalue weighted by atomic mass is 32.2. The lowest BCUT2D eigenvalue weighted by molar-refractivity contribution is 0.601. The number of aromatic nitrogens is 1. The third-order valence-corrected chi connectivity index (χ3v) is 4.39. The molecular weight excluding hydrogens is 286 g/mol. The molecule has 0 aliphatic carbocycles. The topological polar surface area (TPSA) is 71.1 Å². The van der Waals surface area contributed by atoms with Crippen molar-refractivity contribution in [1.82, 2.24) is 4.98 Å². The third kappa shape index (κ3) is 3.95. The molecule has 1 aromatic carbocycles. The summed E-state index contributed by atoms with van der Waals surface area (Å²) in [5, 5.41) is 3.00. The summed E-state index contributed by atoms with van der Waals surface area (Å²) >= 11 is 0. The van der Waals surface area contributed by atoms with Crippen molar-refractivity contribution < 1.29 is 8.42 Å². The van der Waals surface area contributed by atoms with Crippen molar-refractivity contribution in [2.24, 2.45) is 0 Å². The van der Waals surface area contributed by atoms with Crippen LogP contribution in [0.25, 0.3) is 0 Å². The molecule has 0 fully saturated rings. The predicted octanol–water partition coefficient (Wildman–Crippen LogP) is 2.88. The normalized spacial score (nSPS) is 11.1. The zero-order valence-electron chi connectivity index (χ0n) is 12.1. The van der Waals surface area contributed by atoms with E-state index in [-0.39, 0.29) is 4.90 Å². The Balaban J connectivity index is 2.22. The van der Waals surface area contributed by atoms with E-state index < -0.39 is 10.0 Å². The maximum atomic E-state index is 12.3. The first kappa shape index (κ1) is 15.3. The molecule has 0 atom stereocenters. The zero-order chi connectivity index (χ0) is 15.3. The Morgan fingerprint density at radius 1 is 1.10 bits per heavy atom. The van der Waals surface area contributed by atoms with Gasteiger partial charge in [0.2, 0.25) is 0 Å². The van der Waals surface area contributed by atoms with Gasteiger partial charge in [-0.3, -0.25) is 4.72 Å². The molecule has 1 aromatic heterocycles. The number of anilines is 2. The van der Waals surface area contributed by atoms with Crippen molar-refractivity contribution in [2.45, 2.75) is 25.2 Å². The van der Waals surface area contributed by atoms with Crippen molar-refractivity contribution >= 4 is 21.5 Å². The molecule has 2 aromatic rings. The molecule has 0 radical (unpaired) electrons. The molecule has 5 nitrogen and oxygen atoms in total. The van der Waals surface area contributed by atoms with E-state index in [1.54, 1.807) is 12.1 Å². The molecule has 0 aliphatic heterocycles. The van der Waals surface area contributed by atoms with E-state index in [1.807, 2.05) is 19.1 Å². The Hall–Kier alpha value is -2.08. The molecule has 0 spiro atoms. The number of hydrogen-bond acceptors (Lipinski definition) is 4. The highest BCUT2D eigenvalue weighted by Gasteiger charge is 2.15. The van der Waals surface area contributed by atoms with Crippen LogP contribution in [0.15, 0.2) is 47.5 Å². The first-order valence-corrected chi connectivity index (χ1v) is 8.35. The highest BCUT2D eigenvalue weighted by molar-refractivity contribution is 7.92. The monoisotopic (exact) mass is 305 g/mol. The van der Waals surface area contributed by atoms with E-state index in [4.69, 9.17) is 0 Å². The molecule has 0 amide bonds. The largest absolute Gasteiger partial charge is 0.370 e. The fourth-order valence-electron chi connectivity index (χ4n) is 1.88. The number of sulfonamides is 1. The Morgan fingerprint density at radius 2 is 1.81 bits per heavy atom. The van der Waals surface area contributed by atoms with Gasteiger partial charge in [-0.2, -0.15) is 0 Å². The zero-order valence-corrected chi connectivity index (χ0v) is 12.9. The summed E-state index contributed by atoms with van der Waals surface area (Å²) in [5.74, 6) is 0.543. The summed E-state index contributed by atoms with van der Waals surface area (Å²) < 4.78 is 27.3. The second kappa shape index (κ2) is 6.58. The minimum Gasteiger partial charge on any atom is -0.370 e.